The normalized spacial score (nSPS) is 17.1. The molecule has 1 aromatic rings. The average molecular weight is 368 g/mol. The van der Waals surface area contributed by atoms with Gasteiger partial charge in [-0.3, -0.25) is 4.79 Å². The zero-order valence-corrected chi connectivity index (χ0v) is 12.7. The van der Waals surface area contributed by atoms with Crippen molar-refractivity contribution in [3.05, 3.63) is 34.1 Å². The standard InChI is InChI=1S/C14H14BrF4NO/c15-11-1-2-12(16)9(7-11)8-13(21)20-5-3-10(4-6-20)14(17,18)19/h1-2,7,10H,3-6,8H2. The largest absolute Gasteiger partial charge is 0.391 e. The van der Waals surface area contributed by atoms with Gasteiger partial charge in [0.05, 0.1) is 12.3 Å². The number of halogens is 5. The lowest BCUT2D eigenvalue weighted by Gasteiger charge is -2.33. The van der Waals surface area contributed by atoms with Crippen molar-refractivity contribution in [3.8, 4) is 0 Å². The van der Waals surface area contributed by atoms with Crippen LogP contribution in [0.4, 0.5) is 17.6 Å². The van der Waals surface area contributed by atoms with Crippen LogP contribution in [0.3, 0.4) is 0 Å². The van der Waals surface area contributed by atoms with Crippen LogP contribution in [0.15, 0.2) is 22.7 Å². The summed E-state index contributed by atoms with van der Waals surface area (Å²) in [6.07, 6.45) is -4.51. The van der Waals surface area contributed by atoms with Crippen molar-refractivity contribution in [3.63, 3.8) is 0 Å². The first-order valence-electron chi connectivity index (χ1n) is 6.56. The summed E-state index contributed by atoms with van der Waals surface area (Å²) < 4.78 is 51.9. The lowest BCUT2D eigenvalue weighted by atomic mass is 9.96. The molecule has 1 fully saturated rings. The Hall–Kier alpha value is -1.11. The minimum atomic E-state index is -4.20. The predicted molar refractivity (Wildman–Crippen MR) is 73.2 cm³/mol. The molecule has 21 heavy (non-hydrogen) atoms. The molecule has 0 radical (unpaired) electrons. The molecule has 0 aliphatic carbocycles. The molecule has 0 N–H and O–H groups in total. The molecule has 1 aliphatic heterocycles. The van der Waals surface area contributed by atoms with E-state index in [4.69, 9.17) is 0 Å². The highest BCUT2D eigenvalue weighted by molar-refractivity contribution is 9.10. The van der Waals surface area contributed by atoms with Crippen LogP contribution in [0, 0.1) is 11.7 Å². The molecule has 0 atom stereocenters. The second-order valence-electron chi connectivity index (χ2n) is 5.11. The summed E-state index contributed by atoms with van der Waals surface area (Å²) in [5, 5.41) is 0. The van der Waals surface area contributed by atoms with Crippen LogP contribution >= 0.6 is 15.9 Å². The number of piperidine rings is 1. The van der Waals surface area contributed by atoms with E-state index < -0.39 is 17.9 Å². The molecule has 1 saturated heterocycles. The summed E-state index contributed by atoms with van der Waals surface area (Å²) in [6, 6.07) is 4.29. The van der Waals surface area contributed by atoms with E-state index in [2.05, 4.69) is 15.9 Å². The number of carbonyl (C=O) groups is 1. The van der Waals surface area contributed by atoms with Crippen LogP contribution in [0.5, 0.6) is 0 Å². The van der Waals surface area contributed by atoms with Gasteiger partial charge in [0.15, 0.2) is 0 Å². The first kappa shape index (κ1) is 16.3. The highest BCUT2D eigenvalue weighted by Gasteiger charge is 2.41. The Morgan fingerprint density at radius 2 is 1.90 bits per heavy atom. The van der Waals surface area contributed by atoms with Gasteiger partial charge in [0.25, 0.3) is 0 Å². The molecule has 116 valence electrons. The van der Waals surface area contributed by atoms with E-state index in [0.29, 0.717) is 4.47 Å². The van der Waals surface area contributed by atoms with Gasteiger partial charge in [-0.1, -0.05) is 15.9 Å². The van der Waals surface area contributed by atoms with Gasteiger partial charge in [0, 0.05) is 17.6 Å². The molecule has 0 unspecified atom stereocenters. The number of nitrogens with zero attached hydrogens (tertiary/aromatic N) is 1. The van der Waals surface area contributed by atoms with E-state index in [1.54, 1.807) is 0 Å². The fourth-order valence-corrected chi connectivity index (χ4v) is 2.82. The molecular weight excluding hydrogens is 354 g/mol. The first-order valence-corrected chi connectivity index (χ1v) is 7.35. The van der Waals surface area contributed by atoms with Crippen molar-refractivity contribution in [2.45, 2.75) is 25.4 Å². The fraction of sp³-hybridized carbons (Fsp3) is 0.500. The zero-order valence-electron chi connectivity index (χ0n) is 11.1. The number of amides is 1. The van der Waals surface area contributed by atoms with Crippen LogP contribution in [-0.2, 0) is 11.2 Å². The van der Waals surface area contributed by atoms with E-state index in [1.807, 2.05) is 0 Å². The number of benzene rings is 1. The Labute approximate surface area is 128 Å². The van der Waals surface area contributed by atoms with E-state index in [1.165, 1.54) is 23.1 Å². The van der Waals surface area contributed by atoms with E-state index >= 15 is 0 Å². The quantitative estimate of drug-likeness (QED) is 0.725. The minimum absolute atomic E-state index is 0.0681. The van der Waals surface area contributed by atoms with Gasteiger partial charge >= 0.3 is 6.18 Å². The lowest BCUT2D eigenvalue weighted by Crippen LogP contribution is -2.42. The van der Waals surface area contributed by atoms with Gasteiger partial charge in [0.2, 0.25) is 5.91 Å². The maximum Gasteiger partial charge on any atom is 0.391 e. The molecule has 7 heteroatoms. The third kappa shape index (κ3) is 4.18. The van der Waals surface area contributed by atoms with E-state index in [-0.39, 0.29) is 43.8 Å². The predicted octanol–water partition coefficient (Wildman–Crippen LogP) is 3.93. The highest BCUT2D eigenvalue weighted by atomic mass is 79.9. The van der Waals surface area contributed by atoms with Crippen LogP contribution < -0.4 is 0 Å². The Kier molecular flexibility index (Phi) is 4.91. The second kappa shape index (κ2) is 6.34. The third-order valence-electron chi connectivity index (χ3n) is 3.66. The van der Waals surface area contributed by atoms with Crippen LogP contribution in [0.2, 0.25) is 0 Å². The number of carbonyl (C=O) groups excluding carboxylic acids is 1. The monoisotopic (exact) mass is 367 g/mol. The number of rotatable bonds is 2. The van der Waals surface area contributed by atoms with Crippen molar-refractivity contribution < 1.29 is 22.4 Å². The summed E-state index contributed by atoms with van der Waals surface area (Å²) in [5.41, 5.74) is 0.243. The second-order valence-corrected chi connectivity index (χ2v) is 6.02. The number of likely N-dealkylation sites (tertiary alicyclic amines) is 1. The van der Waals surface area contributed by atoms with Crippen LogP contribution in [-0.4, -0.2) is 30.1 Å². The molecule has 1 amide bonds. The summed E-state index contributed by atoms with van der Waals surface area (Å²) in [7, 11) is 0. The Morgan fingerprint density at radius 1 is 1.29 bits per heavy atom. The number of hydrogen-bond donors (Lipinski definition) is 0. The lowest BCUT2D eigenvalue weighted by molar-refractivity contribution is -0.186. The smallest absolute Gasteiger partial charge is 0.342 e. The molecule has 2 rings (SSSR count). The molecule has 1 heterocycles. The topological polar surface area (TPSA) is 20.3 Å². The summed E-state index contributed by atoms with van der Waals surface area (Å²) >= 11 is 3.20. The molecule has 0 aromatic heterocycles. The Balaban J connectivity index is 1.95. The van der Waals surface area contributed by atoms with Gasteiger partial charge < -0.3 is 4.90 Å². The van der Waals surface area contributed by atoms with E-state index in [0.717, 1.165) is 0 Å². The maximum absolute atomic E-state index is 13.6. The zero-order chi connectivity index (χ0) is 15.6. The molecule has 1 aliphatic rings. The van der Waals surface area contributed by atoms with E-state index in [9.17, 15) is 22.4 Å². The molecular formula is C14H14BrF4NO. The van der Waals surface area contributed by atoms with Crippen LogP contribution in [0.25, 0.3) is 0 Å². The molecule has 0 spiro atoms. The number of alkyl halides is 3. The SMILES string of the molecule is O=C(Cc1cc(Br)ccc1F)N1CCC(C(F)(F)F)CC1. The molecule has 2 nitrogen and oxygen atoms in total. The molecule has 0 bridgehead atoms. The Bertz CT molecular complexity index is 524. The summed E-state index contributed by atoms with van der Waals surface area (Å²) in [5.74, 6) is -2.17. The summed E-state index contributed by atoms with van der Waals surface area (Å²) in [4.78, 5) is 13.4. The van der Waals surface area contributed by atoms with Gasteiger partial charge in [0.1, 0.15) is 5.82 Å². The van der Waals surface area contributed by atoms with Crippen molar-refractivity contribution >= 4 is 21.8 Å². The van der Waals surface area contributed by atoms with Crippen molar-refractivity contribution in [1.29, 1.82) is 0 Å². The maximum atomic E-state index is 13.6. The van der Waals surface area contributed by atoms with Gasteiger partial charge in [-0.2, -0.15) is 13.2 Å². The minimum Gasteiger partial charge on any atom is -0.342 e. The average Bonchev–Trinajstić information content (AvgIpc) is 2.42. The van der Waals surface area contributed by atoms with Gasteiger partial charge in [-0.05, 0) is 36.6 Å². The molecule has 1 aromatic carbocycles. The van der Waals surface area contributed by atoms with Crippen molar-refractivity contribution in [2.75, 3.05) is 13.1 Å². The highest BCUT2D eigenvalue weighted by Crippen LogP contribution is 2.34. The third-order valence-corrected chi connectivity index (χ3v) is 4.15. The van der Waals surface area contributed by atoms with Crippen molar-refractivity contribution in [1.82, 2.24) is 4.90 Å². The van der Waals surface area contributed by atoms with Crippen molar-refractivity contribution in [2.24, 2.45) is 5.92 Å². The molecule has 0 saturated carbocycles. The summed E-state index contributed by atoms with van der Waals surface area (Å²) in [6.45, 7) is 0.136. The fourth-order valence-electron chi connectivity index (χ4n) is 2.41. The number of hydrogen-bond acceptors (Lipinski definition) is 1. The first-order chi connectivity index (χ1) is 9.77. The Morgan fingerprint density at radius 3 is 2.48 bits per heavy atom. The van der Waals surface area contributed by atoms with Gasteiger partial charge in [-0.15, -0.1) is 0 Å². The van der Waals surface area contributed by atoms with Gasteiger partial charge in [-0.25, -0.2) is 4.39 Å². The van der Waals surface area contributed by atoms with Crippen LogP contribution in [0.1, 0.15) is 18.4 Å².